The molecule has 0 amide bonds. The molecule has 0 fully saturated rings. The summed E-state index contributed by atoms with van der Waals surface area (Å²) in [5, 5.41) is 5.85. The molecule has 100 valence electrons. The fourth-order valence-corrected chi connectivity index (χ4v) is 1.57. The van der Waals surface area contributed by atoms with E-state index in [-0.39, 0.29) is 0 Å². The number of nitrogens with one attached hydrogen (secondary N) is 2. The van der Waals surface area contributed by atoms with Crippen molar-refractivity contribution in [3.05, 3.63) is 41.6 Å². The maximum atomic E-state index is 13.1. The minimum atomic E-state index is -0.638. The molecule has 2 aromatic rings. The average molecular weight is 264 g/mol. The SMILES string of the molecule is CCNc1ncc(C)c(Nc2cc(F)cc(F)c2)n1. The molecule has 4 nitrogen and oxygen atoms in total. The standard InChI is InChI=1S/C13H14F2N4/c1-3-16-13-17-7-8(2)12(19-13)18-11-5-9(14)4-10(15)6-11/h4-7H,3H2,1-2H3,(H2,16,17,18,19). The number of benzene rings is 1. The highest BCUT2D eigenvalue weighted by atomic mass is 19.1. The van der Waals surface area contributed by atoms with Gasteiger partial charge in [-0.2, -0.15) is 4.98 Å². The lowest BCUT2D eigenvalue weighted by atomic mass is 10.2. The Morgan fingerprint density at radius 3 is 2.47 bits per heavy atom. The Morgan fingerprint density at radius 1 is 1.16 bits per heavy atom. The fourth-order valence-electron chi connectivity index (χ4n) is 1.57. The number of aromatic nitrogens is 2. The number of hydrogen-bond donors (Lipinski definition) is 2. The molecule has 0 radical (unpaired) electrons. The number of nitrogens with zero attached hydrogens (tertiary/aromatic N) is 2. The third-order valence-corrected chi connectivity index (χ3v) is 2.43. The summed E-state index contributed by atoms with van der Waals surface area (Å²) in [4.78, 5) is 8.33. The van der Waals surface area contributed by atoms with E-state index >= 15 is 0 Å². The maximum Gasteiger partial charge on any atom is 0.224 e. The van der Waals surface area contributed by atoms with E-state index < -0.39 is 11.6 Å². The van der Waals surface area contributed by atoms with Gasteiger partial charge in [0, 0.05) is 30.1 Å². The van der Waals surface area contributed by atoms with E-state index in [9.17, 15) is 8.78 Å². The van der Waals surface area contributed by atoms with Crippen LogP contribution in [0, 0.1) is 18.6 Å². The summed E-state index contributed by atoms with van der Waals surface area (Å²) in [6, 6.07) is 3.23. The third-order valence-electron chi connectivity index (χ3n) is 2.43. The number of aryl methyl sites for hydroxylation is 1. The maximum absolute atomic E-state index is 13.1. The van der Waals surface area contributed by atoms with Gasteiger partial charge in [0.1, 0.15) is 17.5 Å². The van der Waals surface area contributed by atoms with Crippen molar-refractivity contribution in [1.29, 1.82) is 0 Å². The van der Waals surface area contributed by atoms with Crippen LogP contribution in [-0.4, -0.2) is 16.5 Å². The number of anilines is 3. The van der Waals surface area contributed by atoms with Gasteiger partial charge in [-0.3, -0.25) is 0 Å². The smallest absolute Gasteiger partial charge is 0.224 e. The van der Waals surface area contributed by atoms with Crippen LogP contribution in [0.1, 0.15) is 12.5 Å². The second-order valence-electron chi connectivity index (χ2n) is 4.04. The molecule has 1 aromatic carbocycles. The Kier molecular flexibility index (Phi) is 3.89. The first-order valence-corrected chi connectivity index (χ1v) is 5.89. The Bertz CT molecular complexity index is 567. The van der Waals surface area contributed by atoms with Gasteiger partial charge in [-0.1, -0.05) is 0 Å². The largest absolute Gasteiger partial charge is 0.354 e. The van der Waals surface area contributed by atoms with Crippen LogP contribution >= 0.6 is 0 Å². The number of hydrogen-bond acceptors (Lipinski definition) is 4. The van der Waals surface area contributed by atoms with Crippen molar-refractivity contribution >= 4 is 17.5 Å². The first-order chi connectivity index (χ1) is 9.08. The van der Waals surface area contributed by atoms with Crippen LogP contribution < -0.4 is 10.6 Å². The second kappa shape index (κ2) is 5.60. The molecule has 0 saturated heterocycles. The molecule has 0 aliphatic heterocycles. The minimum absolute atomic E-state index is 0.307. The summed E-state index contributed by atoms with van der Waals surface area (Å²) in [6.45, 7) is 4.43. The Morgan fingerprint density at radius 2 is 1.84 bits per heavy atom. The summed E-state index contributed by atoms with van der Waals surface area (Å²) in [6.07, 6.45) is 1.64. The van der Waals surface area contributed by atoms with Crippen molar-refractivity contribution in [2.75, 3.05) is 17.2 Å². The van der Waals surface area contributed by atoms with E-state index in [4.69, 9.17) is 0 Å². The van der Waals surface area contributed by atoms with E-state index in [2.05, 4.69) is 20.6 Å². The predicted molar refractivity (Wildman–Crippen MR) is 70.6 cm³/mol. The predicted octanol–water partition coefficient (Wildman–Crippen LogP) is 3.24. The molecule has 0 aliphatic carbocycles. The van der Waals surface area contributed by atoms with Gasteiger partial charge in [0.2, 0.25) is 5.95 Å². The van der Waals surface area contributed by atoms with Gasteiger partial charge >= 0.3 is 0 Å². The third kappa shape index (κ3) is 3.37. The lowest BCUT2D eigenvalue weighted by Gasteiger charge is -2.10. The van der Waals surface area contributed by atoms with Crippen LogP contribution in [0.5, 0.6) is 0 Å². The van der Waals surface area contributed by atoms with Crippen molar-refractivity contribution in [3.8, 4) is 0 Å². The van der Waals surface area contributed by atoms with E-state index in [1.165, 1.54) is 12.1 Å². The van der Waals surface area contributed by atoms with Gasteiger partial charge < -0.3 is 10.6 Å². The molecule has 2 N–H and O–H groups in total. The topological polar surface area (TPSA) is 49.8 Å². The summed E-state index contributed by atoms with van der Waals surface area (Å²) < 4.78 is 26.2. The van der Waals surface area contributed by atoms with Gasteiger partial charge in [-0.15, -0.1) is 0 Å². The highest BCUT2D eigenvalue weighted by Crippen LogP contribution is 2.20. The van der Waals surface area contributed by atoms with Crippen LogP contribution in [-0.2, 0) is 0 Å². The van der Waals surface area contributed by atoms with Gasteiger partial charge in [0.05, 0.1) is 0 Å². The number of halogens is 2. The van der Waals surface area contributed by atoms with Gasteiger partial charge in [0.15, 0.2) is 0 Å². The van der Waals surface area contributed by atoms with Crippen LogP contribution in [0.25, 0.3) is 0 Å². The normalized spacial score (nSPS) is 10.3. The summed E-state index contributed by atoms with van der Waals surface area (Å²) in [5.41, 5.74) is 1.09. The molecular formula is C13H14F2N4. The molecule has 19 heavy (non-hydrogen) atoms. The molecular weight excluding hydrogens is 250 g/mol. The van der Waals surface area contributed by atoms with E-state index in [0.717, 1.165) is 11.6 Å². The van der Waals surface area contributed by atoms with Gasteiger partial charge in [0.25, 0.3) is 0 Å². The highest BCUT2D eigenvalue weighted by Gasteiger charge is 2.06. The first-order valence-electron chi connectivity index (χ1n) is 5.89. The van der Waals surface area contributed by atoms with Crippen LogP contribution in [0.2, 0.25) is 0 Å². The Balaban J connectivity index is 2.28. The quantitative estimate of drug-likeness (QED) is 0.890. The van der Waals surface area contributed by atoms with Gasteiger partial charge in [-0.25, -0.2) is 13.8 Å². The highest BCUT2D eigenvalue weighted by molar-refractivity contribution is 5.60. The summed E-state index contributed by atoms with van der Waals surface area (Å²) in [7, 11) is 0. The zero-order chi connectivity index (χ0) is 13.8. The second-order valence-corrected chi connectivity index (χ2v) is 4.04. The molecule has 0 saturated carbocycles. The summed E-state index contributed by atoms with van der Waals surface area (Å²) >= 11 is 0. The zero-order valence-electron chi connectivity index (χ0n) is 10.7. The van der Waals surface area contributed by atoms with Gasteiger partial charge in [-0.05, 0) is 26.0 Å². The molecule has 2 rings (SSSR count). The van der Waals surface area contributed by atoms with Crippen molar-refractivity contribution in [2.45, 2.75) is 13.8 Å². The Hall–Kier alpha value is -2.24. The van der Waals surface area contributed by atoms with Crippen molar-refractivity contribution in [1.82, 2.24) is 9.97 Å². The fraction of sp³-hybridized carbons (Fsp3) is 0.231. The minimum Gasteiger partial charge on any atom is -0.354 e. The molecule has 0 bridgehead atoms. The van der Waals surface area contributed by atoms with Crippen LogP contribution in [0.4, 0.5) is 26.2 Å². The molecule has 1 aromatic heterocycles. The molecule has 6 heteroatoms. The van der Waals surface area contributed by atoms with Crippen LogP contribution in [0.3, 0.4) is 0 Å². The lowest BCUT2D eigenvalue weighted by molar-refractivity contribution is 0.584. The summed E-state index contributed by atoms with van der Waals surface area (Å²) in [5.74, 6) is -0.300. The zero-order valence-corrected chi connectivity index (χ0v) is 10.7. The van der Waals surface area contributed by atoms with Crippen molar-refractivity contribution in [3.63, 3.8) is 0 Å². The monoisotopic (exact) mass is 264 g/mol. The van der Waals surface area contributed by atoms with Crippen molar-refractivity contribution < 1.29 is 8.78 Å². The molecule has 0 aliphatic rings. The average Bonchev–Trinajstić information content (AvgIpc) is 2.32. The van der Waals surface area contributed by atoms with E-state index in [1.54, 1.807) is 6.20 Å². The molecule has 0 spiro atoms. The van der Waals surface area contributed by atoms with E-state index in [0.29, 0.717) is 24.0 Å². The van der Waals surface area contributed by atoms with Crippen LogP contribution in [0.15, 0.2) is 24.4 Å². The first kappa shape index (κ1) is 13.2. The Labute approximate surface area is 109 Å². The molecule has 0 unspecified atom stereocenters. The lowest BCUT2D eigenvalue weighted by Crippen LogP contribution is -2.05. The van der Waals surface area contributed by atoms with Crippen molar-refractivity contribution in [2.24, 2.45) is 0 Å². The molecule has 1 heterocycles. The van der Waals surface area contributed by atoms with E-state index in [1.807, 2.05) is 13.8 Å². The number of rotatable bonds is 4. The molecule has 0 atom stereocenters.